The molecule has 0 bridgehead atoms. The van der Waals surface area contributed by atoms with E-state index in [0.29, 0.717) is 10.0 Å². The number of alkyl halides is 1. The minimum absolute atomic E-state index is 0.0105. The Labute approximate surface area is 106 Å². The van der Waals surface area contributed by atoms with Crippen LogP contribution in [0, 0.1) is 3.57 Å². The monoisotopic (exact) mass is 418 g/mol. The van der Waals surface area contributed by atoms with E-state index in [0.717, 1.165) is 3.57 Å². The van der Waals surface area contributed by atoms with Crippen LogP contribution in [0.15, 0.2) is 16.6 Å². The summed E-state index contributed by atoms with van der Waals surface area (Å²) in [4.78, 5) is 11.3. The molecule has 1 N–H and O–H groups in total. The number of hydrogen-bond donors (Lipinski definition) is 1. The molecule has 0 spiro atoms. The number of ketones is 1. The fourth-order valence-corrected chi connectivity index (χ4v) is 1.92. The third kappa shape index (κ3) is 2.44. The van der Waals surface area contributed by atoms with Crippen molar-refractivity contribution in [2.24, 2.45) is 0 Å². The van der Waals surface area contributed by atoms with Crippen LogP contribution in [-0.2, 0) is 0 Å². The highest BCUT2D eigenvalue weighted by Crippen LogP contribution is 2.32. The largest absolute Gasteiger partial charge is 0.506 e. The van der Waals surface area contributed by atoms with Crippen LogP contribution in [0.3, 0.4) is 0 Å². The zero-order valence-electron chi connectivity index (χ0n) is 6.35. The highest BCUT2D eigenvalue weighted by Gasteiger charge is 2.13. The summed E-state index contributed by atoms with van der Waals surface area (Å²) in [5.74, 6) is -0.119. The minimum Gasteiger partial charge on any atom is -0.506 e. The Kier molecular flexibility index (Phi) is 4.18. The maximum atomic E-state index is 11.3. The maximum absolute atomic E-state index is 11.3. The van der Waals surface area contributed by atoms with Gasteiger partial charge in [-0.15, -0.1) is 0 Å². The van der Waals surface area contributed by atoms with Gasteiger partial charge in [0.25, 0.3) is 0 Å². The zero-order chi connectivity index (χ0) is 10.0. The van der Waals surface area contributed by atoms with Crippen molar-refractivity contribution in [3.8, 4) is 5.75 Å². The van der Waals surface area contributed by atoms with Crippen LogP contribution < -0.4 is 0 Å². The van der Waals surface area contributed by atoms with Gasteiger partial charge in [0.1, 0.15) is 5.75 Å². The van der Waals surface area contributed by atoms with E-state index in [2.05, 4.69) is 54.5 Å². The predicted molar refractivity (Wildman–Crippen MR) is 66.6 cm³/mol. The molecule has 0 atom stereocenters. The molecule has 0 unspecified atom stereocenters. The average molecular weight is 420 g/mol. The van der Waals surface area contributed by atoms with Crippen LogP contribution in [0.2, 0.25) is 0 Å². The number of phenols is 1. The van der Waals surface area contributed by atoms with Gasteiger partial charge in [0.2, 0.25) is 0 Å². The number of rotatable bonds is 2. The van der Waals surface area contributed by atoms with Gasteiger partial charge in [-0.25, -0.2) is 0 Å². The second kappa shape index (κ2) is 4.75. The molecule has 13 heavy (non-hydrogen) atoms. The fourth-order valence-electron chi connectivity index (χ4n) is 0.837. The van der Waals surface area contributed by atoms with Crippen molar-refractivity contribution in [2.45, 2.75) is 0 Å². The summed E-state index contributed by atoms with van der Waals surface area (Å²) in [7, 11) is 0. The molecule has 0 aromatic heterocycles. The second-order valence-electron chi connectivity index (χ2n) is 2.31. The van der Waals surface area contributed by atoms with Gasteiger partial charge in [0.15, 0.2) is 5.78 Å². The average Bonchev–Trinajstić information content (AvgIpc) is 2.13. The van der Waals surface area contributed by atoms with Crippen molar-refractivity contribution in [2.75, 3.05) is 5.33 Å². The summed E-state index contributed by atoms with van der Waals surface area (Å²) in [5, 5.41) is 9.80. The van der Waals surface area contributed by atoms with Gasteiger partial charge in [-0.1, -0.05) is 15.9 Å². The number of Topliss-reactive ketones (excluding diaryl/α,β-unsaturated/α-hetero) is 1. The van der Waals surface area contributed by atoms with Crippen LogP contribution in [-0.4, -0.2) is 16.2 Å². The van der Waals surface area contributed by atoms with E-state index in [1.807, 2.05) is 0 Å². The van der Waals surface area contributed by atoms with Gasteiger partial charge >= 0.3 is 0 Å². The van der Waals surface area contributed by atoms with Crippen molar-refractivity contribution < 1.29 is 9.90 Å². The molecule has 0 aliphatic carbocycles. The molecule has 1 rings (SSSR count). The lowest BCUT2D eigenvalue weighted by molar-refractivity contribution is 0.102. The first-order valence-corrected chi connectivity index (χ1v) is 6.33. The number of aromatic hydroxyl groups is 1. The van der Waals surface area contributed by atoms with Crippen molar-refractivity contribution >= 4 is 60.2 Å². The Bertz CT molecular complexity index is 352. The molecular weight excluding hydrogens is 415 g/mol. The third-order valence-corrected chi connectivity index (χ3v) is 4.44. The van der Waals surface area contributed by atoms with E-state index < -0.39 is 0 Å². The number of phenolic OH excluding ortho intramolecular Hbond substituents is 1. The van der Waals surface area contributed by atoms with Gasteiger partial charge < -0.3 is 5.11 Å². The van der Waals surface area contributed by atoms with E-state index in [-0.39, 0.29) is 16.9 Å². The maximum Gasteiger partial charge on any atom is 0.177 e. The second-order valence-corrected chi connectivity index (χ2v) is 4.83. The molecule has 0 aliphatic heterocycles. The standard InChI is InChI=1S/C8H5Br2IO2/c9-3-6(12)4-1-2-5(11)7(10)8(4)13/h1-2,13H,3H2. The van der Waals surface area contributed by atoms with Crippen LogP contribution in [0.1, 0.15) is 10.4 Å². The molecule has 0 amide bonds. The Hall–Kier alpha value is 0.380. The van der Waals surface area contributed by atoms with Crippen LogP contribution in [0.25, 0.3) is 0 Å². The third-order valence-electron chi connectivity index (χ3n) is 1.49. The predicted octanol–water partition coefficient (Wildman–Crippen LogP) is 3.34. The number of carbonyl (C=O) groups excluding carboxylic acids is 1. The molecule has 5 heteroatoms. The molecule has 0 radical (unpaired) electrons. The van der Waals surface area contributed by atoms with Crippen molar-refractivity contribution in [3.05, 3.63) is 25.7 Å². The summed E-state index contributed by atoms with van der Waals surface area (Å²) < 4.78 is 1.45. The zero-order valence-corrected chi connectivity index (χ0v) is 11.7. The summed E-state index contributed by atoms with van der Waals surface area (Å²) >= 11 is 8.33. The highest BCUT2D eigenvalue weighted by molar-refractivity contribution is 14.1. The van der Waals surface area contributed by atoms with E-state index in [1.54, 1.807) is 12.1 Å². The molecule has 0 fully saturated rings. The molecule has 1 aromatic rings. The van der Waals surface area contributed by atoms with Crippen molar-refractivity contribution in [1.82, 2.24) is 0 Å². The SMILES string of the molecule is O=C(CBr)c1ccc(I)c(Br)c1O. The minimum atomic E-state index is -0.130. The lowest BCUT2D eigenvalue weighted by Gasteiger charge is -2.04. The first-order valence-electron chi connectivity index (χ1n) is 3.34. The van der Waals surface area contributed by atoms with Gasteiger partial charge in [-0.05, 0) is 50.7 Å². The quantitative estimate of drug-likeness (QED) is 0.453. The van der Waals surface area contributed by atoms with E-state index in [4.69, 9.17) is 0 Å². The summed E-state index contributed by atoms with van der Waals surface area (Å²) in [5.41, 5.74) is 0.337. The fraction of sp³-hybridized carbons (Fsp3) is 0.125. The molecule has 70 valence electrons. The molecule has 0 saturated heterocycles. The number of halogens is 3. The van der Waals surface area contributed by atoms with E-state index >= 15 is 0 Å². The van der Waals surface area contributed by atoms with Gasteiger partial charge in [-0.3, -0.25) is 4.79 Å². The van der Waals surface area contributed by atoms with Crippen molar-refractivity contribution in [1.29, 1.82) is 0 Å². The molecular formula is C8H5Br2IO2. The topological polar surface area (TPSA) is 37.3 Å². The van der Waals surface area contributed by atoms with Gasteiger partial charge in [0, 0.05) is 3.57 Å². The van der Waals surface area contributed by atoms with E-state index in [9.17, 15) is 9.90 Å². The Morgan fingerprint density at radius 3 is 2.69 bits per heavy atom. The molecule has 0 saturated carbocycles. The van der Waals surface area contributed by atoms with Crippen LogP contribution in [0.5, 0.6) is 5.75 Å². The molecule has 1 aromatic carbocycles. The lowest BCUT2D eigenvalue weighted by atomic mass is 10.1. The number of benzene rings is 1. The van der Waals surface area contributed by atoms with Gasteiger partial charge in [-0.2, -0.15) is 0 Å². The Morgan fingerprint density at radius 2 is 2.15 bits per heavy atom. The highest BCUT2D eigenvalue weighted by atomic mass is 127. The number of carbonyl (C=O) groups is 1. The molecule has 0 heterocycles. The number of hydrogen-bond acceptors (Lipinski definition) is 2. The molecule has 0 aliphatic rings. The van der Waals surface area contributed by atoms with Gasteiger partial charge in [0.05, 0.1) is 15.4 Å². The lowest BCUT2D eigenvalue weighted by Crippen LogP contribution is -2.00. The smallest absolute Gasteiger partial charge is 0.177 e. The van der Waals surface area contributed by atoms with Crippen molar-refractivity contribution in [3.63, 3.8) is 0 Å². The summed E-state index contributed by atoms with van der Waals surface area (Å²) in [6.45, 7) is 0. The van der Waals surface area contributed by atoms with Crippen LogP contribution in [0.4, 0.5) is 0 Å². The Morgan fingerprint density at radius 1 is 1.54 bits per heavy atom. The summed E-state index contributed by atoms with van der Waals surface area (Å²) in [6, 6.07) is 3.39. The molecule has 2 nitrogen and oxygen atoms in total. The Balaban J connectivity index is 3.26. The normalized spacial score (nSPS) is 10.1. The summed E-state index contributed by atoms with van der Waals surface area (Å²) in [6.07, 6.45) is 0. The first-order chi connectivity index (χ1) is 6.07. The van der Waals surface area contributed by atoms with Crippen LogP contribution >= 0.6 is 54.5 Å². The van der Waals surface area contributed by atoms with E-state index in [1.165, 1.54) is 0 Å². The first kappa shape index (κ1) is 11.5.